The Bertz CT molecular complexity index is 801. The zero-order valence-corrected chi connectivity index (χ0v) is 15.7. The summed E-state index contributed by atoms with van der Waals surface area (Å²) in [5, 5.41) is 0. The summed E-state index contributed by atoms with van der Waals surface area (Å²) in [6.07, 6.45) is 0.289. The highest BCUT2D eigenvalue weighted by Gasteiger charge is 2.37. The van der Waals surface area contributed by atoms with Crippen LogP contribution in [-0.4, -0.2) is 29.8 Å². The third kappa shape index (κ3) is 3.79. The summed E-state index contributed by atoms with van der Waals surface area (Å²) < 4.78 is 0. The first-order chi connectivity index (χ1) is 12.5. The molecule has 1 heterocycles. The summed E-state index contributed by atoms with van der Waals surface area (Å²) in [7, 11) is 0. The molecule has 0 bridgehead atoms. The molecule has 26 heavy (non-hydrogen) atoms. The van der Waals surface area contributed by atoms with Gasteiger partial charge in [-0.3, -0.25) is 9.59 Å². The van der Waals surface area contributed by atoms with E-state index in [1.807, 2.05) is 67.3 Å². The number of hydrogen-bond donors (Lipinski definition) is 0. The van der Waals surface area contributed by atoms with Gasteiger partial charge in [-0.25, -0.2) is 0 Å². The van der Waals surface area contributed by atoms with Crippen LogP contribution in [0.25, 0.3) is 0 Å². The van der Waals surface area contributed by atoms with Crippen molar-refractivity contribution in [1.29, 1.82) is 0 Å². The van der Waals surface area contributed by atoms with Gasteiger partial charge >= 0.3 is 0 Å². The summed E-state index contributed by atoms with van der Waals surface area (Å²) in [4.78, 5) is 29.1. The van der Waals surface area contributed by atoms with Gasteiger partial charge in [-0.05, 0) is 49.6 Å². The quantitative estimate of drug-likeness (QED) is 0.825. The summed E-state index contributed by atoms with van der Waals surface area (Å²) >= 11 is 0. The van der Waals surface area contributed by atoms with Crippen molar-refractivity contribution in [2.75, 3.05) is 18.0 Å². The predicted octanol–water partition coefficient (Wildman–Crippen LogP) is 3.71. The number of anilines is 1. The fourth-order valence-electron chi connectivity index (χ4n) is 3.42. The average Bonchev–Trinajstić information content (AvgIpc) is 3.04. The Balaban J connectivity index is 1.72. The number of carbonyl (C=O) groups is 2. The van der Waals surface area contributed by atoms with Gasteiger partial charge in [0.1, 0.15) is 0 Å². The molecule has 2 aromatic rings. The molecule has 2 aromatic carbocycles. The smallest absolute Gasteiger partial charge is 0.228 e. The molecule has 1 aliphatic rings. The fraction of sp³-hybridized carbons (Fsp3) is 0.364. The molecule has 4 heteroatoms. The average molecular weight is 350 g/mol. The molecule has 1 fully saturated rings. The van der Waals surface area contributed by atoms with E-state index in [1.165, 1.54) is 5.56 Å². The number of nitrogens with zero attached hydrogens (tertiary/aromatic N) is 2. The lowest BCUT2D eigenvalue weighted by atomic mass is 10.1. The molecule has 1 saturated heterocycles. The highest BCUT2D eigenvalue weighted by Crippen LogP contribution is 2.28. The minimum absolute atomic E-state index is 0.0300. The fourth-order valence-corrected chi connectivity index (χ4v) is 3.42. The summed E-state index contributed by atoms with van der Waals surface area (Å²) in [5.74, 6) is -0.175. The number of aryl methyl sites for hydroxylation is 2. The molecule has 0 aromatic heterocycles. The van der Waals surface area contributed by atoms with Crippen LogP contribution < -0.4 is 4.90 Å². The van der Waals surface area contributed by atoms with E-state index >= 15 is 0 Å². The van der Waals surface area contributed by atoms with E-state index in [2.05, 4.69) is 6.92 Å². The molecule has 0 spiro atoms. The molecule has 0 unspecified atom stereocenters. The molecular weight excluding hydrogens is 324 g/mol. The Morgan fingerprint density at radius 2 is 1.85 bits per heavy atom. The molecule has 0 saturated carbocycles. The SMILES string of the molecule is CCN(Cc1ccccc1)C(=O)[C@@H]1CC(=O)N(c2ccc(C)c(C)c2)C1. The van der Waals surface area contributed by atoms with Gasteiger partial charge in [0.05, 0.1) is 5.92 Å². The van der Waals surface area contributed by atoms with Gasteiger partial charge < -0.3 is 9.80 Å². The zero-order valence-electron chi connectivity index (χ0n) is 15.7. The van der Waals surface area contributed by atoms with Crippen LogP contribution in [0.4, 0.5) is 5.69 Å². The Morgan fingerprint density at radius 1 is 1.12 bits per heavy atom. The minimum Gasteiger partial charge on any atom is -0.338 e. The molecule has 0 N–H and O–H groups in total. The Labute approximate surface area is 155 Å². The molecule has 0 radical (unpaired) electrons. The highest BCUT2D eigenvalue weighted by atomic mass is 16.2. The maximum atomic E-state index is 13.0. The summed E-state index contributed by atoms with van der Waals surface area (Å²) in [6, 6.07) is 16.0. The molecular formula is C22H26N2O2. The van der Waals surface area contributed by atoms with Gasteiger partial charge in [0.2, 0.25) is 11.8 Å². The van der Waals surface area contributed by atoms with Crippen LogP contribution in [0.1, 0.15) is 30.0 Å². The van der Waals surface area contributed by atoms with Crippen LogP contribution >= 0.6 is 0 Å². The van der Waals surface area contributed by atoms with Gasteiger partial charge in [0.25, 0.3) is 0 Å². The van der Waals surface area contributed by atoms with Gasteiger partial charge in [-0.15, -0.1) is 0 Å². The van der Waals surface area contributed by atoms with E-state index in [0.29, 0.717) is 19.6 Å². The lowest BCUT2D eigenvalue weighted by molar-refractivity contribution is -0.136. The second-order valence-corrected chi connectivity index (χ2v) is 7.01. The Kier molecular flexibility index (Phi) is 5.40. The van der Waals surface area contributed by atoms with Crippen molar-refractivity contribution < 1.29 is 9.59 Å². The van der Waals surface area contributed by atoms with Crippen molar-refractivity contribution in [2.24, 2.45) is 5.92 Å². The second kappa shape index (κ2) is 7.73. The van der Waals surface area contributed by atoms with E-state index in [9.17, 15) is 9.59 Å². The van der Waals surface area contributed by atoms with Crippen LogP contribution in [0.15, 0.2) is 48.5 Å². The lowest BCUT2D eigenvalue weighted by Crippen LogP contribution is -2.37. The van der Waals surface area contributed by atoms with E-state index in [-0.39, 0.29) is 24.2 Å². The first-order valence-corrected chi connectivity index (χ1v) is 9.20. The van der Waals surface area contributed by atoms with E-state index in [0.717, 1.165) is 16.8 Å². The van der Waals surface area contributed by atoms with E-state index in [4.69, 9.17) is 0 Å². The van der Waals surface area contributed by atoms with Gasteiger partial charge in [-0.1, -0.05) is 36.4 Å². The highest BCUT2D eigenvalue weighted by molar-refractivity contribution is 6.00. The lowest BCUT2D eigenvalue weighted by Gasteiger charge is -2.24. The number of benzene rings is 2. The molecule has 136 valence electrons. The summed E-state index contributed by atoms with van der Waals surface area (Å²) in [6.45, 7) is 7.78. The van der Waals surface area contributed by atoms with Crippen LogP contribution in [0.3, 0.4) is 0 Å². The molecule has 4 nitrogen and oxygen atoms in total. The Hall–Kier alpha value is -2.62. The van der Waals surface area contributed by atoms with Crippen LogP contribution in [0, 0.1) is 19.8 Å². The van der Waals surface area contributed by atoms with E-state index < -0.39 is 0 Å². The molecule has 1 aliphatic heterocycles. The molecule has 2 amide bonds. The number of hydrogen-bond acceptors (Lipinski definition) is 2. The van der Waals surface area contributed by atoms with Gasteiger partial charge in [-0.2, -0.15) is 0 Å². The first-order valence-electron chi connectivity index (χ1n) is 9.20. The monoisotopic (exact) mass is 350 g/mol. The number of carbonyl (C=O) groups excluding carboxylic acids is 2. The van der Waals surface area contributed by atoms with Crippen molar-refractivity contribution in [1.82, 2.24) is 4.90 Å². The molecule has 1 atom stereocenters. The molecule has 0 aliphatic carbocycles. The van der Waals surface area contributed by atoms with Crippen LogP contribution in [-0.2, 0) is 16.1 Å². The van der Waals surface area contributed by atoms with Crippen LogP contribution in [0.5, 0.6) is 0 Å². The van der Waals surface area contributed by atoms with Crippen molar-refractivity contribution in [3.8, 4) is 0 Å². The van der Waals surface area contributed by atoms with Crippen LogP contribution in [0.2, 0.25) is 0 Å². The van der Waals surface area contributed by atoms with Crippen molar-refractivity contribution >= 4 is 17.5 Å². The zero-order chi connectivity index (χ0) is 18.7. The van der Waals surface area contributed by atoms with E-state index in [1.54, 1.807) is 4.90 Å². The number of rotatable bonds is 5. The summed E-state index contributed by atoms with van der Waals surface area (Å²) in [5.41, 5.74) is 4.36. The normalized spacial score (nSPS) is 16.8. The standard InChI is InChI=1S/C22H26N2O2/c1-4-23(14-18-8-6-5-7-9-18)22(26)19-13-21(25)24(15-19)20-11-10-16(2)17(3)12-20/h5-12,19H,4,13-15H2,1-3H3/t19-/m1/s1. The van der Waals surface area contributed by atoms with Crippen molar-refractivity contribution in [2.45, 2.75) is 33.7 Å². The third-order valence-electron chi connectivity index (χ3n) is 5.19. The largest absolute Gasteiger partial charge is 0.338 e. The van der Waals surface area contributed by atoms with Gasteiger partial charge in [0.15, 0.2) is 0 Å². The Morgan fingerprint density at radius 3 is 2.50 bits per heavy atom. The maximum Gasteiger partial charge on any atom is 0.228 e. The minimum atomic E-state index is -0.271. The van der Waals surface area contributed by atoms with Crippen molar-refractivity contribution in [3.63, 3.8) is 0 Å². The predicted molar refractivity (Wildman–Crippen MR) is 104 cm³/mol. The first kappa shape index (κ1) is 18.2. The third-order valence-corrected chi connectivity index (χ3v) is 5.19. The number of amides is 2. The van der Waals surface area contributed by atoms with Gasteiger partial charge in [0, 0.05) is 31.7 Å². The second-order valence-electron chi connectivity index (χ2n) is 7.01. The van der Waals surface area contributed by atoms with Crippen molar-refractivity contribution in [3.05, 3.63) is 65.2 Å². The molecule has 3 rings (SSSR count). The maximum absolute atomic E-state index is 13.0. The topological polar surface area (TPSA) is 40.6 Å².